The molecule has 0 radical (unpaired) electrons. The fourth-order valence-corrected chi connectivity index (χ4v) is 1.99. The Kier molecular flexibility index (Phi) is 3.33. The largest absolute Gasteiger partial charge is 0.711 e. The number of carbonyl (C=O) groups is 1. The molecule has 2 heterocycles. The Morgan fingerprint density at radius 3 is 2.65 bits per heavy atom. The number of rotatable bonds is 2. The lowest BCUT2D eigenvalue weighted by Crippen LogP contribution is -2.47. The average molecular weight is 238 g/mol. The zero-order chi connectivity index (χ0) is 12.4. The Balaban J connectivity index is 2.04. The van der Waals surface area contributed by atoms with E-state index in [1.165, 1.54) is 6.33 Å². The quantitative estimate of drug-likeness (QED) is 0.540. The summed E-state index contributed by atoms with van der Waals surface area (Å²) in [6, 6.07) is 0. The average Bonchev–Trinajstić information content (AvgIpc) is 2.58. The molecule has 1 aliphatic heterocycles. The fraction of sp³-hybridized carbons (Fsp3) is 0.636. The molecule has 1 aromatic rings. The first-order valence-electron chi connectivity index (χ1n) is 5.83. The molecule has 1 aliphatic rings. The maximum atomic E-state index is 12.0. The molecule has 1 aromatic heterocycles. The van der Waals surface area contributed by atoms with Crippen LogP contribution in [0.3, 0.4) is 0 Å². The molecule has 0 aromatic carbocycles. The molecule has 94 valence electrons. The minimum atomic E-state index is 0.0743. The molecule has 0 aliphatic carbocycles. The Hall–Kier alpha value is -1.56. The van der Waals surface area contributed by atoms with Crippen LogP contribution in [-0.4, -0.2) is 41.6 Å². The topological polar surface area (TPSA) is 64.2 Å². The second-order valence-electron chi connectivity index (χ2n) is 4.37. The Morgan fingerprint density at radius 1 is 1.47 bits per heavy atom. The van der Waals surface area contributed by atoms with Crippen LogP contribution in [0.15, 0.2) is 6.33 Å². The standard InChI is InChI=1S/C11H18N4O2/c1-9-10(2)15(17)8-14(9)7-11(16)13-5-3-12-4-6-13/h8,12H,3-7H2,1-2H3. The number of amides is 1. The normalized spacial score (nSPS) is 16.2. The van der Waals surface area contributed by atoms with Crippen molar-refractivity contribution in [3.8, 4) is 0 Å². The minimum absolute atomic E-state index is 0.0743. The van der Waals surface area contributed by atoms with E-state index in [1.807, 2.05) is 11.8 Å². The van der Waals surface area contributed by atoms with Gasteiger partial charge in [-0.05, 0) is 0 Å². The molecule has 1 fully saturated rings. The van der Waals surface area contributed by atoms with E-state index >= 15 is 0 Å². The second kappa shape index (κ2) is 4.75. The van der Waals surface area contributed by atoms with E-state index < -0.39 is 0 Å². The first kappa shape index (κ1) is 11.9. The van der Waals surface area contributed by atoms with Crippen molar-refractivity contribution in [1.29, 1.82) is 0 Å². The number of imidazole rings is 1. The lowest BCUT2D eigenvalue weighted by molar-refractivity contribution is -0.611. The highest BCUT2D eigenvalue weighted by atomic mass is 16.5. The third-order valence-corrected chi connectivity index (χ3v) is 3.30. The highest BCUT2D eigenvalue weighted by molar-refractivity contribution is 5.76. The van der Waals surface area contributed by atoms with Crippen LogP contribution in [0.1, 0.15) is 11.4 Å². The van der Waals surface area contributed by atoms with E-state index in [0.29, 0.717) is 5.69 Å². The van der Waals surface area contributed by atoms with Crippen LogP contribution in [0.2, 0.25) is 0 Å². The van der Waals surface area contributed by atoms with Gasteiger partial charge in [0.15, 0.2) is 6.54 Å². The minimum Gasteiger partial charge on any atom is -0.711 e. The van der Waals surface area contributed by atoms with Crippen molar-refractivity contribution in [1.82, 2.24) is 14.8 Å². The Morgan fingerprint density at radius 2 is 2.12 bits per heavy atom. The Labute approximate surface area is 100 Å². The van der Waals surface area contributed by atoms with Crippen molar-refractivity contribution >= 4 is 5.91 Å². The van der Waals surface area contributed by atoms with Crippen LogP contribution in [0.25, 0.3) is 0 Å². The van der Waals surface area contributed by atoms with Gasteiger partial charge in [-0.2, -0.15) is 0 Å². The van der Waals surface area contributed by atoms with Crippen molar-refractivity contribution in [3.05, 3.63) is 22.9 Å². The second-order valence-corrected chi connectivity index (χ2v) is 4.37. The number of nitrogens with zero attached hydrogens (tertiary/aromatic N) is 3. The highest BCUT2D eigenvalue weighted by Gasteiger charge is 2.21. The molecule has 1 N–H and O–H groups in total. The van der Waals surface area contributed by atoms with Gasteiger partial charge in [0, 0.05) is 40.0 Å². The molecule has 1 saturated heterocycles. The summed E-state index contributed by atoms with van der Waals surface area (Å²) in [7, 11) is 0. The van der Waals surface area contributed by atoms with Gasteiger partial charge in [-0.3, -0.25) is 4.79 Å². The van der Waals surface area contributed by atoms with Crippen LogP contribution in [-0.2, 0) is 11.3 Å². The maximum Gasteiger partial charge on any atom is 0.264 e. The number of piperazine rings is 1. The summed E-state index contributed by atoms with van der Waals surface area (Å²) >= 11 is 0. The summed E-state index contributed by atoms with van der Waals surface area (Å²) in [5.74, 6) is 0.0743. The van der Waals surface area contributed by atoms with Crippen molar-refractivity contribution in [2.24, 2.45) is 0 Å². The zero-order valence-electron chi connectivity index (χ0n) is 10.3. The summed E-state index contributed by atoms with van der Waals surface area (Å²) in [5.41, 5.74) is 1.50. The highest BCUT2D eigenvalue weighted by Crippen LogP contribution is 2.04. The van der Waals surface area contributed by atoms with E-state index in [2.05, 4.69) is 5.32 Å². The van der Waals surface area contributed by atoms with Crippen molar-refractivity contribution in [2.45, 2.75) is 20.4 Å². The number of carbonyl (C=O) groups excluding carboxylic acids is 1. The molecular formula is C11H18N4O2. The van der Waals surface area contributed by atoms with Gasteiger partial charge in [-0.15, -0.1) is 0 Å². The van der Waals surface area contributed by atoms with Gasteiger partial charge >= 0.3 is 0 Å². The van der Waals surface area contributed by atoms with Crippen LogP contribution in [0, 0.1) is 19.1 Å². The van der Waals surface area contributed by atoms with Crippen molar-refractivity contribution < 1.29 is 9.52 Å². The predicted octanol–water partition coefficient (Wildman–Crippen LogP) is -0.830. The van der Waals surface area contributed by atoms with Crippen molar-refractivity contribution in [3.63, 3.8) is 0 Å². The Bertz CT molecular complexity index is 421. The van der Waals surface area contributed by atoms with Crippen LogP contribution in [0.4, 0.5) is 0 Å². The lowest BCUT2D eigenvalue weighted by atomic mass is 10.3. The van der Waals surface area contributed by atoms with Gasteiger partial charge in [0.05, 0.1) is 0 Å². The number of nitrogens with one attached hydrogen (secondary N) is 1. The third kappa shape index (κ3) is 2.41. The molecule has 0 spiro atoms. The molecule has 0 saturated carbocycles. The summed E-state index contributed by atoms with van der Waals surface area (Å²) in [5, 5.41) is 14.6. The fourth-order valence-electron chi connectivity index (χ4n) is 1.99. The molecule has 0 unspecified atom stereocenters. The number of aromatic nitrogens is 2. The first-order valence-corrected chi connectivity index (χ1v) is 5.83. The summed E-state index contributed by atoms with van der Waals surface area (Å²) in [4.78, 5) is 13.8. The van der Waals surface area contributed by atoms with Gasteiger partial charge in [0.25, 0.3) is 5.91 Å². The molecule has 6 heteroatoms. The van der Waals surface area contributed by atoms with E-state index in [1.54, 1.807) is 11.5 Å². The van der Waals surface area contributed by atoms with E-state index in [4.69, 9.17) is 0 Å². The SMILES string of the molecule is Cc1c(C)[n+]([O-])cn1CC(=O)N1CCNCC1. The summed E-state index contributed by atoms with van der Waals surface area (Å²) in [6.45, 7) is 7.05. The molecule has 2 rings (SSSR count). The maximum absolute atomic E-state index is 12.0. The molecule has 0 atom stereocenters. The smallest absolute Gasteiger partial charge is 0.264 e. The third-order valence-electron chi connectivity index (χ3n) is 3.30. The van der Waals surface area contributed by atoms with Gasteiger partial charge < -0.3 is 15.4 Å². The van der Waals surface area contributed by atoms with Crippen LogP contribution in [0.5, 0.6) is 0 Å². The summed E-state index contributed by atoms with van der Waals surface area (Å²) < 4.78 is 2.52. The van der Waals surface area contributed by atoms with E-state index in [0.717, 1.165) is 36.6 Å². The van der Waals surface area contributed by atoms with Gasteiger partial charge in [0.1, 0.15) is 11.4 Å². The molecule has 6 nitrogen and oxygen atoms in total. The van der Waals surface area contributed by atoms with E-state index in [9.17, 15) is 10.0 Å². The van der Waals surface area contributed by atoms with Gasteiger partial charge in [-0.1, -0.05) is 0 Å². The van der Waals surface area contributed by atoms with Gasteiger partial charge in [-0.25, -0.2) is 9.30 Å². The predicted molar refractivity (Wildman–Crippen MR) is 62.3 cm³/mol. The molecule has 0 bridgehead atoms. The monoisotopic (exact) mass is 238 g/mol. The van der Waals surface area contributed by atoms with E-state index in [-0.39, 0.29) is 12.5 Å². The molecule has 1 amide bonds. The van der Waals surface area contributed by atoms with Gasteiger partial charge in [0.2, 0.25) is 6.33 Å². The lowest BCUT2D eigenvalue weighted by Gasteiger charge is -2.26. The zero-order valence-corrected chi connectivity index (χ0v) is 10.3. The van der Waals surface area contributed by atoms with Crippen LogP contribution < -0.4 is 10.0 Å². The first-order chi connectivity index (χ1) is 8.09. The van der Waals surface area contributed by atoms with Crippen LogP contribution >= 0.6 is 0 Å². The molecular weight excluding hydrogens is 220 g/mol. The number of hydrogen-bond acceptors (Lipinski definition) is 3. The van der Waals surface area contributed by atoms with Crippen molar-refractivity contribution in [2.75, 3.05) is 26.2 Å². The number of hydrogen-bond donors (Lipinski definition) is 1. The summed E-state index contributed by atoms with van der Waals surface area (Å²) in [6.07, 6.45) is 1.44. The molecule has 17 heavy (non-hydrogen) atoms.